The summed E-state index contributed by atoms with van der Waals surface area (Å²) in [5, 5.41) is 3.29. The van der Waals surface area contributed by atoms with Crippen LogP contribution in [-0.2, 0) is 22.9 Å². The molecule has 3 aliphatic rings. The fourth-order valence-electron chi connectivity index (χ4n) is 4.67. The van der Waals surface area contributed by atoms with Crippen LogP contribution in [0.4, 0.5) is 0 Å². The number of nitrogens with zero attached hydrogens (tertiary/aromatic N) is 3. The number of benzene rings is 1. The monoisotopic (exact) mass is 528 g/mol. The lowest BCUT2D eigenvalue weighted by molar-refractivity contribution is 0.0695. The van der Waals surface area contributed by atoms with E-state index in [9.17, 15) is 22.8 Å². The first-order chi connectivity index (χ1) is 17.1. The third-order valence-electron chi connectivity index (χ3n) is 7.35. The molecule has 1 aliphatic heterocycles. The van der Waals surface area contributed by atoms with Crippen molar-refractivity contribution in [3.05, 3.63) is 80.0 Å². The third kappa shape index (κ3) is 4.42. The van der Waals surface area contributed by atoms with Crippen molar-refractivity contribution in [1.82, 2.24) is 14.8 Å². The Hall–Kier alpha value is -3.16. The summed E-state index contributed by atoms with van der Waals surface area (Å²) in [6.45, 7) is 7.93. The van der Waals surface area contributed by atoms with Crippen molar-refractivity contribution in [2.75, 3.05) is 18.8 Å². The molecule has 9 nitrogen and oxygen atoms in total. The van der Waals surface area contributed by atoms with Gasteiger partial charge < -0.3 is 19.6 Å². The van der Waals surface area contributed by atoms with Gasteiger partial charge in [0.2, 0.25) is 5.54 Å². The molecule has 2 fully saturated rings. The number of rotatable bonds is 8. The molecule has 1 aromatic heterocycles. The quantitative estimate of drug-likeness (QED) is 0.529. The van der Waals surface area contributed by atoms with Gasteiger partial charge in [0.05, 0.1) is 4.75 Å². The molecule has 0 bridgehead atoms. The molecule has 2 aliphatic carbocycles. The van der Waals surface area contributed by atoms with E-state index < -0.39 is 37.5 Å². The maximum atomic E-state index is 13.2. The minimum Gasteiger partial charge on any atom is -0.348 e. The van der Waals surface area contributed by atoms with Gasteiger partial charge in [-0.2, -0.15) is 0 Å². The number of sulfone groups is 1. The van der Waals surface area contributed by atoms with Crippen molar-refractivity contribution < 1.29 is 18.0 Å². The van der Waals surface area contributed by atoms with Crippen LogP contribution in [0.3, 0.4) is 0 Å². The van der Waals surface area contributed by atoms with Crippen LogP contribution < -0.4 is 10.9 Å². The molecule has 0 spiro atoms. The second-order valence-electron chi connectivity index (χ2n) is 9.90. The van der Waals surface area contributed by atoms with Crippen LogP contribution in [0.2, 0.25) is 5.02 Å². The van der Waals surface area contributed by atoms with Gasteiger partial charge >= 0.3 is 0 Å². The zero-order valence-electron chi connectivity index (χ0n) is 19.5. The largest absolute Gasteiger partial charge is 0.348 e. The van der Waals surface area contributed by atoms with E-state index in [1.807, 2.05) is 0 Å². The smallest absolute Gasteiger partial charge is 0.270 e. The molecule has 1 N–H and O–H groups in total. The molecule has 0 unspecified atom stereocenters. The number of nitrogens with one attached hydrogen (secondary N) is 1. The van der Waals surface area contributed by atoms with Crippen molar-refractivity contribution in [2.45, 2.75) is 49.1 Å². The van der Waals surface area contributed by atoms with E-state index in [2.05, 4.69) is 10.2 Å². The van der Waals surface area contributed by atoms with Crippen molar-refractivity contribution >= 4 is 33.3 Å². The van der Waals surface area contributed by atoms with E-state index >= 15 is 0 Å². The summed E-state index contributed by atoms with van der Waals surface area (Å²) in [5.41, 5.74) is -0.456. The Bertz CT molecular complexity index is 1450. The lowest BCUT2D eigenvalue weighted by Gasteiger charge is -2.32. The molecule has 11 heteroatoms. The molecule has 2 heterocycles. The standard InChI is InChI=1S/C25H25ClN4O5S/c1-27-24(8-9-24)16-36(34,35)25(10-11-25)15-29-12-13-30-20(23(29)33)7-6-19(22(30)32)21(31)28-14-17-2-4-18(26)5-3-17/h2-7H,8-16H2,(H,28,31). The minimum absolute atomic E-state index is 0.0553. The zero-order chi connectivity index (χ0) is 25.7. The van der Waals surface area contributed by atoms with Gasteiger partial charge in [0, 0.05) is 44.0 Å². The van der Waals surface area contributed by atoms with Gasteiger partial charge in [-0.15, -0.1) is 0 Å². The van der Waals surface area contributed by atoms with E-state index in [1.54, 1.807) is 24.3 Å². The first-order valence-corrected chi connectivity index (χ1v) is 13.8. The highest BCUT2D eigenvalue weighted by atomic mass is 35.5. The second kappa shape index (κ2) is 8.75. The topological polar surface area (TPSA) is 110 Å². The number of amides is 2. The number of aromatic nitrogens is 1. The Kier molecular flexibility index (Phi) is 5.96. The molecule has 0 saturated heterocycles. The Morgan fingerprint density at radius 2 is 1.75 bits per heavy atom. The highest BCUT2D eigenvalue weighted by Crippen LogP contribution is 2.50. The van der Waals surface area contributed by atoms with Crippen LogP contribution in [0, 0.1) is 6.57 Å². The molecule has 0 atom stereocenters. The van der Waals surface area contributed by atoms with Gasteiger partial charge in [-0.25, -0.2) is 15.0 Å². The van der Waals surface area contributed by atoms with Gasteiger partial charge in [0.15, 0.2) is 9.84 Å². The van der Waals surface area contributed by atoms with Crippen molar-refractivity contribution in [1.29, 1.82) is 0 Å². The average Bonchev–Trinajstić information content (AvgIpc) is 3.78. The Morgan fingerprint density at radius 3 is 2.36 bits per heavy atom. The van der Waals surface area contributed by atoms with Crippen LogP contribution in [0.25, 0.3) is 4.85 Å². The van der Waals surface area contributed by atoms with E-state index in [4.69, 9.17) is 18.2 Å². The number of hydrogen-bond acceptors (Lipinski definition) is 5. The molecule has 188 valence electrons. The first kappa shape index (κ1) is 24.5. The summed E-state index contributed by atoms with van der Waals surface area (Å²) >= 11 is 5.87. The minimum atomic E-state index is -3.55. The van der Waals surface area contributed by atoms with Crippen molar-refractivity contribution in [2.24, 2.45) is 0 Å². The number of halogens is 1. The summed E-state index contributed by atoms with van der Waals surface area (Å²) in [7, 11) is -3.55. The molecule has 1 aromatic carbocycles. The fraction of sp³-hybridized carbons (Fsp3) is 0.440. The van der Waals surface area contributed by atoms with Gasteiger partial charge in [-0.05, 0) is 42.7 Å². The van der Waals surface area contributed by atoms with E-state index in [0.717, 1.165) is 5.56 Å². The van der Waals surface area contributed by atoms with Crippen LogP contribution in [0.1, 0.15) is 52.1 Å². The highest BCUT2D eigenvalue weighted by Gasteiger charge is 2.63. The number of hydrogen-bond donors (Lipinski definition) is 1. The van der Waals surface area contributed by atoms with Crippen LogP contribution >= 0.6 is 11.6 Å². The van der Waals surface area contributed by atoms with Gasteiger partial charge in [0.1, 0.15) is 17.0 Å². The molecule has 36 heavy (non-hydrogen) atoms. The van der Waals surface area contributed by atoms with Gasteiger partial charge in [-0.3, -0.25) is 14.4 Å². The van der Waals surface area contributed by atoms with Crippen molar-refractivity contribution in [3.8, 4) is 0 Å². The van der Waals surface area contributed by atoms with Gasteiger partial charge in [-0.1, -0.05) is 23.7 Å². The molecule has 0 radical (unpaired) electrons. The van der Waals surface area contributed by atoms with Crippen LogP contribution in [0.5, 0.6) is 0 Å². The lowest BCUT2D eigenvalue weighted by Crippen LogP contribution is -2.50. The number of carbonyl (C=O) groups excluding carboxylic acids is 2. The maximum Gasteiger partial charge on any atom is 0.270 e. The predicted octanol–water partition coefficient (Wildman–Crippen LogP) is 2.29. The normalized spacial score (nSPS) is 19.2. The fourth-order valence-corrected chi connectivity index (χ4v) is 7.24. The van der Waals surface area contributed by atoms with Gasteiger partial charge in [0.25, 0.3) is 17.4 Å². The lowest BCUT2D eigenvalue weighted by atomic mass is 10.1. The third-order valence-corrected chi connectivity index (χ3v) is 10.4. The highest BCUT2D eigenvalue weighted by molar-refractivity contribution is 7.93. The molecule has 2 amide bonds. The van der Waals surface area contributed by atoms with Crippen LogP contribution in [-0.4, -0.2) is 58.8 Å². The first-order valence-electron chi connectivity index (χ1n) is 11.8. The summed E-state index contributed by atoms with van der Waals surface area (Å²) in [4.78, 5) is 43.9. The zero-order valence-corrected chi connectivity index (χ0v) is 21.1. The molecular weight excluding hydrogens is 504 g/mol. The summed E-state index contributed by atoms with van der Waals surface area (Å²) < 4.78 is 26.5. The Balaban J connectivity index is 1.29. The molecule has 5 rings (SSSR count). The number of carbonyl (C=O) groups is 2. The molecule has 2 saturated carbocycles. The maximum absolute atomic E-state index is 13.2. The van der Waals surface area contributed by atoms with E-state index in [-0.39, 0.29) is 43.2 Å². The Morgan fingerprint density at radius 1 is 1.06 bits per heavy atom. The molecular formula is C25H25ClN4O5S. The molecule has 2 aromatic rings. The summed E-state index contributed by atoms with van der Waals surface area (Å²) in [6.07, 6.45) is 2.13. The summed E-state index contributed by atoms with van der Waals surface area (Å²) in [6, 6.07) is 9.74. The van der Waals surface area contributed by atoms with Crippen LogP contribution in [0.15, 0.2) is 41.2 Å². The second-order valence-corrected chi connectivity index (χ2v) is 12.7. The van der Waals surface area contributed by atoms with E-state index in [1.165, 1.54) is 21.6 Å². The van der Waals surface area contributed by atoms with E-state index in [0.29, 0.717) is 30.7 Å². The number of pyridine rings is 1. The summed E-state index contributed by atoms with van der Waals surface area (Å²) in [5.74, 6) is -1.13. The number of fused-ring (bicyclic) bond motifs is 1. The average molecular weight is 529 g/mol. The predicted molar refractivity (Wildman–Crippen MR) is 134 cm³/mol. The SMILES string of the molecule is [C-]#[N+]C1(CS(=O)(=O)C2(CN3CCn4c(ccc(C(=O)NCc5ccc(Cl)cc5)c4=O)C3=O)CC2)CC1. The van der Waals surface area contributed by atoms with Crippen molar-refractivity contribution in [3.63, 3.8) is 0 Å². The Labute approximate surface area is 213 Å².